The maximum absolute atomic E-state index is 12.3. The molecule has 1 saturated carbocycles. The summed E-state index contributed by atoms with van der Waals surface area (Å²) >= 11 is 1.77. The Labute approximate surface area is 108 Å². The van der Waals surface area contributed by atoms with Gasteiger partial charge in [-0.2, -0.15) is 0 Å². The monoisotopic (exact) mass is 248 g/mol. The summed E-state index contributed by atoms with van der Waals surface area (Å²) in [4.78, 5) is 13.5. The van der Waals surface area contributed by atoms with Crippen molar-refractivity contribution in [2.45, 2.75) is 49.7 Å². The summed E-state index contributed by atoms with van der Waals surface area (Å²) in [5, 5.41) is 0. The van der Waals surface area contributed by atoms with Crippen LogP contribution < -0.4 is 0 Å². The van der Waals surface area contributed by atoms with Crippen molar-refractivity contribution in [3.8, 4) is 0 Å². The van der Waals surface area contributed by atoms with Gasteiger partial charge in [-0.15, -0.1) is 11.8 Å². The van der Waals surface area contributed by atoms with Crippen LogP contribution in [0.25, 0.3) is 0 Å². The summed E-state index contributed by atoms with van der Waals surface area (Å²) in [6.07, 6.45) is 3.02. The lowest BCUT2D eigenvalue weighted by Gasteiger charge is -2.25. The molecule has 2 rings (SSSR count). The maximum Gasteiger partial charge on any atom is 0.152 e. The van der Waals surface area contributed by atoms with Gasteiger partial charge in [-0.25, -0.2) is 0 Å². The van der Waals surface area contributed by atoms with Crippen LogP contribution in [-0.4, -0.2) is 10.5 Å². The summed E-state index contributed by atoms with van der Waals surface area (Å²) < 4.78 is -0.158. The Kier molecular flexibility index (Phi) is 3.62. The van der Waals surface area contributed by atoms with Crippen molar-refractivity contribution in [1.82, 2.24) is 0 Å². The number of hydrogen-bond acceptors (Lipinski definition) is 2. The van der Waals surface area contributed by atoms with Gasteiger partial charge in [0.25, 0.3) is 0 Å². The fourth-order valence-electron chi connectivity index (χ4n) is 2.51. The second kappa shape index (κ2) is 4.85. The number of carbonyl (C=O) groups excluding carboxylic acids is 1. The lowest BCUT2D eigenvalue weighted by molar-refractivity contribution is -0.122. The first-order valence-corrected chi connectivity index (χ1v) is 7.19. The van der Waals surface area contributed by atoms with Crippen molar-refractivity contribution < 1.29 is 4.79 Å². The van der Waals surface area contributed by atoms with Crippen LogP contribution in [0.5, 0.6) is 0 Å². The van der Waals surface area contributed by atoms with Crippen molar-refractivity contribution in [3.05, 3.63) is 29.8 Å². The van der Waals surface area contributed by atoms with Crippen LogP contribution >= 0.6 is 11.8 Å². The van der Waals surface area contributed by atoms with E-state index in [0.29, 0.717) is 5.78 Å². The topological polar surface area (TPSA) is 17.1 Å². The highest BCUT2D eigenvalue weighted by Crippen LogP contribution is 2.47. The van der Waals surface area contributed by atoms with E-state index in [9.17, 15) is 4.79 Å². The Morgan fingerprint density at radius 1 is 1.35 bits per heavy atom. The molecule has 0 N–H and O–H groups in total. The van der Waals surface area contributed by atoms with Crippen LogP contribution in [0, 0.1) is 12.8 Å². The molecule has 1 aromatic carbocycles. The molecule has 1 aliphatic rings. The highest BCUT2D eigenvalue weighted by Gasteiger charge is 2.45. The average molecular weight is 248 g/mol. The van der Waals surface area contributed by atoms with Crippen molar-refractivity contribution in [2.24, 2.45) is 5.92 Å². The molecule has 0 aliphatic heterocycles. The van der Waals surface area contributed by atoms with Crippen molar-refractivity contribution in [1.29, 1.82) is 0 Å². The van der Waals surface area contributed by atoms with Crippen molar-refractivity contribution >= 4 is 17.5 Å². The fraction of sp³-hybridized carbons (Fsp3) is 0.533. The second-order valence-electron chi connectivity index (χ2n) is 5.07. The Hall–Kier alpha value is -0.760. The highest BCUT2D eigenvalue weighted by molar-refractivity contribution is 8.01. The molecule has 1 nitrogen and oxygen atoms in total. The summed E-state index contributed by atoms with van der Waals surface area (Å²) in [7, 11) is 0. The molecule has 0 amide bonds. The van der Waals surface area contributed by atoms with Crippen LogP contribution in [0.15, 0.2) is 29.2 Å². The van der Waals surface area contributed by atoms with Gasteiger partial charge >= 0.3 is 0 Å². The minimum absolute atomic E-state index is 0.158. The molecule has 92 valence electrons. The first-order valence-electron chi connectivity index (χ1n) is 6.37. The molecule has 0 bridgehead atoms. The van der Waals surface area contributed by atoms with Gasteiger partial charge in [-0.1, -0.05) is 31.5 Å². The Bertz CT molecular complexity index is 409. The number of Topliss-reactive ketones (excluding diaryl/α,β-unsaturated/α-hetero) is 1. The SMILES string of the molecule is CCC1(Sc2ccc(C)cc2)CCC(C)C1=O. The van der Waals surface area contributed by atoms with Gasteiger partial charge in [0.2, 0.25) is 0 Å². The third-order valence-corrected chi connectivity index (χ3v) is 5.38. The van der Waals surface area contributed by atoms with E-state index in [0.717, 1.165) is 19.3 Å². The highest BCUT2D eigenvalue weighted by atomic mass is 32.2. The quantitative estimate of drug-likeness (QED) is 0.796. The minimum atomic E-state index is -0.158. The standard InChI is InChI=1S/C15H20OS/c1-4-15(10-9-12(3)14(15)16)17-13-7-5-11(2)6-8-13/h5-8,12H,4,9-10H2,1-3H3. The Morgan fingerprint density at radius 3 is 2.47 bits per heavy atom. The molecular formula is C15H20OS. The molecule has 0 aromatic heterocycles. The lowest BCUT2D eigenvalue weighted by Crippen LogP contribution is -2.30. The predicted molar refractivity (Wildman–Crippen MR) is 73.5 cm³/mol. The van der Waals surface area contributed by atoms with E-state index in [4.69, 9.17) is 0 Å². The zero-order chi connectivity index (χ0) is 12.5. The van der Waals surface area contributed by atoms with Gasteiger partial charge in [-0.3, -0.25) is 4.79 Å². The molecule has 0 radical (unpaired) electrons. The van der Waals surface area contributed by atoms with E-state index < -0.39 is 0 Å². The Morgan fingerprint density at radius 2 is 2.00 bits per heavy atom. The maximum atomic E-state index is 12.3. The van der Waals surface area contributed by atoms with Gasteiger partial charge in [0.1, 0.15) is 0 Å². The average Bonchev–Trinajstić information content (AvgIpc) is 2.61. The third kappa shape index (κ3) is 2.42. The molecule has 2 atom stereocenters. The second-order valence-corrected chi connectivity index (χ2v) is 6.52. The normalized spacial score (nSPS) is 28.6. The zero-order valence-corrected chi connectivity index (χ0v) is 11.6. The minimum Gasteiger partial charge on any atom is -0.298 e. The molecule has 2 unspecified atom stereocenters. The number of ketones is 1. The van der Waals surface area contributed by atoms with Gasteiger partial charge in [0.05, 0.1) is 4.75 Å². The largest absolute Gasteiger partial charge is 0.298 e. The molecule has 0 spiro atoms. The van der Waals surface area contributed by atoms with Gasteiger partial charge in [0, 0.05) is 10.8 Å². The summed E-state index contributed by atoms with van der Waals surface area (Å²) in [5.41, 5.74) is 1.27. The number of aryl methyl sites for hydroxylation is 1. The zero-order valence-electron chi connectivity index (χ0n) is 10.8. The number of carbonyl (C=O) groups is 1. The predicted octanol–water partition coefficient (Wildman–Crippen LogP) is 4.23. The van der Waals surface area contributed by atoms with E-state index in [1.807, 2.05) is 0 Å². The molecule has 1 aromatic rings. The van der Waals surface area contributed by atoms with E-state index in [1.165, 1.54) is 10.5 Å². The summed E-state index contributed by atoms with van der Waals surface area (Å²) in [5.74, 6) is 0.693. The Balaban J connectivity index is 2.20. The van der Waals surface area contributed by atoms with Gasteiger partial charge in [-0.05, 0) is 38.3 Å². The molecule has 0 saturated heterocycles. The van der Waals surface area contributed by atoms with E-state index in [2.05, 4.69) is 45.0 Å². The first-order chi connectivity index (χ1) is 8.07. The van der Waals surface area contributed by atoms with Gasteiger partial charge in [0.15, 0.2) is 5.78 Å². The van der Waals surface area contributed by atoms with Gasteiger partial charge < -0.3 is 0 Å². The number of rotatable bonds is 3. The smallest absolute Gasteiger partial charge is 0.152 e. The summed E-state index contributed by atoms with van der Waals surface area (Å²) in [6, 6.07) is 8.50. The number of hydrogen-bond donors (Lipinski definition) is 0. The number of benzene rings is 1. The van der Waals surface area contributed by atoms with Crippen LogP contribution in [0.1, 0.15) is 38.7 Å². The third-order valence-electron chi connectivity index (χ3n) is 3.78. The van der Waals surface area contributed by atoms with Crippen molar-refractivity contribution in [3.63, 3.8) is 0 Å². The number of thioether (sulfide) groups is 1. The molecule has 0 heterocycles. The molecule has 1 fully saturated rings. The summed E-state index contributed by atoms with van der Waals surface area (Å²) in [6.45, 7) is 6.29. The first kappa shape index (κ1) is 12.7. The fourth-order valence-corrected chi connectivity index (χ4v) is 3.90. The van der Waals surface area contributed by atoms with E-state index >= 15 is 0 Å². The molecule has 17 heavy (non-hydrogen) atoms. The van der Waals surface area contributed by atoms with E-state index in [-0.39, 0.29) is 10.7 Å². The lowest BCUT2D eigenvalue weighted by atomic mass is 10.0. The van der Waals surface area contributed by atoms with Crippen LogP contribution in [-0.2, 0) is 4.79 Å². The molecular weight excluding hydrogens is 228 g/mol. The van der Waals surface area contributed by atoms with Crippen molar-refractivity contribution in [2.75, 3.05) is 0 Å². The van der Waals surface area contributed by atoms with Crippen LogP contribution in [0.4, 0.5) is 0 Å². The van der Waals surface area contributed by atoms with E-state index in [1.54, 1.807) is 11.8 Å². The van der Waals surface area contributed by atoms with Crippen LogP contribution in [0.3, 0.4) is 0 Å². The van der Waals surface area contributed by atoms with Crippen LogP contribution in [0.2, 0.25) is 0 Å². The molecule has 2 heteroatoms. The molecule has 1 aliphatic carbocycles.